The molecule has 1 N–H and O–H groups in total. The Morgan fingerprint density at radius 2 is 2.50 bits per heavy atom. The van der Waals surface area contributed by atoms with Crippen molar-refractivity contribution in [3.63, 3.8) is 0 Å². The van der Waals surface area contributed by atoms with Gasteiger partial charge in [0.2, 0.25) is 5.91 Å². The molecular formula is C10H14N2OS. The molecule has 1 aromatic rings. The summed E-state index contributed by atoms with van der Waals surface area (Å²) in [6.45, 7) is 4.69. The molecule has 76 valence electrons. The number of amides is 1. The zero-order valence-corrected chi connectivity index (χ0v) is 9.23. The number of rotatable bonds is 4. The summed E-state index contributed by atoms with van der Waals surface area (Å²) in [5.74, 6) is -0.0579. The predicted octanol–water partition coefficient (Wildman–Crippen LogP) is 1.99. The first kappa shape index (κ1) is 10.9. The van der Waals surface area contributed by atoms with Crippen LogP contribution in [0.3, 0.4) is 0 Å². The van der Waals surface area contributed by atoms with Gasteiger partial charge < -0.3 is 5.32 Å². The van der Waals surface area contributed by atoms with E-state index in [1.54, 1.807) is 17.4 Å². The van der Waals surface area contributed by atoms with Crippen molar-refractivity contribution in [2.75, 3.05) is 6.54 Å². The molecule has 1 aromatic heterocycles. The smallest absolute Gasteiger partial charge is 0.244 e. The van der Waals surface area contributed by atoms with Crippen LogP contribution in [0.15, 0.2) is 11.5 Å². The maximum atomic E-state index is 11.2. The van der Waals surface area contributed by atoms with Crippen molar-refractivity contribution in [1.82, 2.24) is 10.3 Å². The molecule has 0 aliphatic carbocycles. The molecule has 0 saturated carbocycles. The molecule has 0 radical (unpaired) electrons. The van der Waals surface area contributed by atoms with Crippen molar-refractivity contribution in [3.8, 4) is 0 Å². The second kappa shape index (κ2) is 5.54. The third kappa shape index (κ3) is 3.70. The number of aromatic nitrogens is 1. The van der Waals surface area contributed by atoms with E-state index in [1.165, 1.54) is 6.08 Å². The highest BCUT2D eigenvalue weighted by Gasteiger charge is 1.95. The summed E-state index contributed by atoms with van der Waals surface area (Å²) >= 11 is 1.58. The first-order valence-corrected chi connectivity index (χ1v) is 5.48. The Kier molecular flexibility index (Phi) is 4.32. The van der Waals surface area contributed by atoms with Gasteiger partial charge in [-0.3, -0.25) is 4.79 Å². The van der Waals surface area contributed by atoms with Crippen LogP contribution in [0.25, 0.3) is 6.08 Å². The van der Waals surface area contributed by atoms with E-state index >= 15 is 0 Å². The third-order valence-corrected chi connectivity index (χ3v) is 2.38. The molecule has 0 saturated heterocycles. The van der Waals surface area contributed by atoms with Crippen LogP contribution in [-0.4, -0.2) is 17.4 Å². The molecular weight excluding hydrogens is 196 g/mol. The van der Waals surface area contributed by atoms with Crippen LogP contribution in [0.2, 0.25) is 0 Å². The summed E-state index contributed by atoms with van der Waals surface area (Å²) < 4.78 is 0. The van der Waals surface area contributed by atoms with Crippen LogP contribution in [0, 0.1) is 6.92 Å². The molecule has 0 fully saturated rings. The standard InChI is InChI=1S/C10H14N2OS/c1-3-6-11-10(13)5-4-9-7-14-8(2)12-9/h4-5,7H,3,6H2,1-2H3,(H,11,13)/b5-4+. The number of nitrogens with one attached hydrogen (secondary N) is 1. The van der Waals surface area contributed by atoms with Crippen molar-refractivity contribution >= 4 is 23.3 Å². The van der Waals surface area contributed by atoms with E-state index in [1.807, 2.05) is 19.2 Å². The van der Waals surface area contributed by atoms with Gasteiger partial charge in [0.05, 0.1) is 10.7 Å². The van der Waals surface area contributed by atoms with E-state index in [2.05, 4.69) is 10.3 Å². The first-order valence-electron chi connectivity index (χ1n) is 4.60. The molecule has 14 heavy (non-hydrogen) atoms. The van der Waals surface area contributed by atoms with Crippen LogP contribution in [0.4, 0.5) is 0 Å². The average molecular weight is 210 g/mol. The van der Waals surface area contributed by atoms with Gasteiger partial charge in [0.15, 0.2) is 0 Å². The molecule has 0 spiro atoms. The largest absolute Gasteiger partial charge is 0.353 e. The zero-order valence-electron chi connectivity index (χ0n) is 8.41. The van der Waals surface area contributed by atoms with Crippen LogP contribution < -0.4 is 5.32 Å². The van der Waals surface area contributed by atoms with Crippen molar-refractivity contribution in [2.45, 2.75) is 20.3 Å². The van der Waals surface area contributed by atoms with Crippen molar-refractivity contribution < 1.29 is 4.79 Å². The fourth-order valence-corrected chi connectivity index (χ4v) is 1.51. The lowest BCUT2D eigenvalue weighted by Crippen LogP contribution is -2.21. The Morgan fingerprint density at radius 3 is 3.07 bits per heavy atom. The van der Waals surface area contributed by atoms with E-state index in [4.69, 9.17) is 0 Å². The van der Waals surface area contributed by atoms with Gasteiger partial charge >= 0.3 is 0 Å². The topological polar surface area (TPSA) is 42.0 Å². The minimum Gasteiger partial charge on any atom is -0.353 e. The van der Waals surface area contributed by atoms with Gasteiger partial charge in [-0.15, -0.1) is 11.3 Å². The maximum Gasteiger partial charge on any atom is 0.244 e. The van der Waals surface area contributed by atoms with Crippen molar-refractivity contribution in [3.05, 3.63) is 22.2 Å². The number of hydrogen-bond acceptors (Lipinski definition) is 3. The Balaban J connectivity index is 2.43. The molecule has 1 rings (SSSR count). The van der Waals surface area contributed by atoms with E-state index in [0.29, 0.717) is 0 Å². The highest BCUT2D eigenvalue weighted by Crippen LogP contribution is 2.08. The van der Waals surface area contributed by atoms with E-state index in [0.717, 1.165) is 23.7 Å². The monoisotopic (exact) mass is 210 g/mol. The average Bonchev–Trinajstić information content (AvgIpc) is 2.58. The Bertz CT molecular complexity index is 331. The number of carbonyl (C=O) groups excluding carboxylic acids is 1. The number of thiazole rings is 1. The predicted molar refractivity (Wildman–Crippen MR) is 59.2 cm³/mol. The molecule has 4 heteroatoms. The van der Waals surface area contributed by atoms with Gasteiger partial charge in [0, 0.05) is 18.0 Å². The Hall–Kier alpha value is -1.16. The van der Waals surface area contributed by atoms with E-state index in [-0.39, 0.29) is 5.91 Å². The van der Waals surface area contributed by atoms with Crippen LogP contribution >= 0.6 is 11.3 Å². The van der Waals surface area contributed by atoms with Crippen LogP contribution in [0.5, 0.6) is 0 Å². The van der Waals surface area contributed by atoms with E-state index in [9.17, 15) is 4.79 Å². The molecule has 1 heterocycles. The van der Waals surface area contributed by atoms with Crippen LogP contribution in [0.1, 0.15) is 24.0 Å². The summed E-state index contributed by atoms with van der Waals surface area (Å²) in [6, 6.07) is 0. The highest BCUT2D eigenvalue weighted by atomic mass is 32.1. The molecule has 3 nitrogen and oxygen atoms in total. The molecule has 0 aromatic carbocycles. The minimum absolute atomic E-state index is 0.0579. The van der Waals surface area contributed by atoms with Gasteiger partial charge in [-0.25, -0.2) is 4.98 Å². The summed E-state index contributed by atoms with van der Waals surface area (Å²) in [5, 5.41) is 5.70. The number of nitrogens with zero attached hydrogens (tertiary/aromatic N) is 1. The summed E-state index contributed by atoms with van der Waals surface area (Å²) in [5.41, 5.74) is 0.846. The number of carbonyl (C=O) groups is 1. The van der Waals surface area contributed by atoms with Gasteiger partial charge in [-0.05, 0) is 19.4 Å². The van der Waals surface area contributed by atoms with Gasteiger partial charge in [0.1, 0.15) is 0 Å². The van der Waals surface area contributed by atoms with Gasteiger partial charge in [-0.1, -0.05) is 6.92 Å². The molecule has 0 aliphatic rings. The highest BCUT2D eigenvalue weighted by molar-refractivity contribution is 7.09. The quantitative estimate of drug-likeness (QED) is 0.772. The lowest BCUT2D eigenvalue weighted by Gasteiger charge is -1.96. The summed E-state index contributed by atoms with van der Waals surface area (Å²) in [4.78, 5) is 15.4. The Morgan fingerprint density at radius 1 is 1.71 bits per heavy atom. The molecule has 0 atom stereocenters. The van der Waals surface area contributed by atoms with Gasteiger partial charge in [0.25, 0.3) is 0 Å². The molecule has 1 amide bonds. The zero-order chi connectivity index (χ0) is 10.4. The second-order valence-corrected chi connectivity index (χ2v) is 3.98. The minimum atomic E-state index is -0.0579. The summed E-state index contributed by atoms with van der Waals surface area (Å²) in [6.07, 6.45) is 4.20. The van der Waals surface area contributed by atoms with Crippen LogP contribution in [-0.2, 0) is 4.79 Å². The molecule has 0 unspecified atom stereocenters. The number of hydrogen-bond donors (Lipinski definition) is 1. The lowest BCUT2D eigenvalue weighted by atomic mass is 10.4. The second-order valence-electron chi connectivity index (χ2n) is 2.92. The van der Waals surface area contributed by atoms with Gasteiger partial charge in [-0.2, -0.15) is 0 Å². The summed E-state index contributed by atoms with van der Waals surface area (Å²) in [7, 11) is 0. The fraction of sp³-hybridized carbons (Fsp3) is 0.400. The van der Waals surface area contributed by atoms with Crippen molar-refractivity contribution in [2.24, 2.45) is 0 Å². The normalized spacial score (nSPS) is 10.7. The van der Waals surface area contributed by atoms with Crippen molar-refractivity contribution in [1.29, 1.82) is 0 Å². The van der Waals surface area contributed by atoms with E-state index < -0.39 is 0 Å². The third-order valence-electron chi connectivity index (χ3n) is 1.59. The maximum absolute atomic E-state index is 11.2. The molecule has 0 bridgehead atoms. The SMILES string of the molecule is CCCNC(=O)/C=C/c1csc(C)n1. The lowest BCUT2D eigenvalue weighted by molar-refractivity contribution is -0.116. The Labute approximate surface area is 87.9 Å². The first-order chi connectivity index (χ1) is 6.72. The number of aryl methyl sites for hydroxylation is 1. The molecule has 0 aliphatic heterocycles. The fourth-order valence-electron chi connectivity index (χ4n) is 0.925.